The number of aromatic nitrogens is 2. The van der Waals surface area contributed by atoms with Crippen molar-refractivity contribution in [1.82, 2.24) is 9.97 Å². The number of nitrogens with zero attached hydrogens (tertiary/aromatic N) is 2. The lowest BCUT2D eigenvalue weighted by Gasteiger charge is -2.21. The second-order valence-electron chi connectivity index (χ2n) is 4.37. The van der Waals surface area contributed by atoms with E-state index in [9.17, 15) is 13.2 Å². The summed E-state index contributed by atoms with van der Waals surface area (Å²) in [6.07, 6.45) is -2.81. The van der Waals surface area contributed by atoms with Crippen molar-refractivity contribution in [3.05, 3.63) is 11.8 Å². The molecule has 1 fully saturated rings. The monoisotopic (exact) mass is 307 g/mol. The van der Waals surface area contributed by atoms with Crippen LogP contribution in [0.1, 0.15) is 25.5 Å². The molecule has 1 saturated heterocycles. The largest absolute Gasteiger partial charge is 0.433 e. The van der Waals surface area contributed by atoms with Crippen molar-refractivity contribution < 1.29 is 17.9 Å². The van der Waals surface area contributed by atoms with Crippen molar-refractivity contribution in [2.45, 2.75) is 36.2 Å². The molecule has 1 aliphatic rings. The fourth-order valence-electron chi connectivity index (χ4n) is 1.83. The lowest BCUT2D eigenvalue weighted by molar-refractivity contribution is -0.141. The summed E-state index contributed by atoms with van der Waals surface area (Å²) < 4.78 is 43.7. The zero-order chi connectivity index (χ0) is 14.6. The SMILES string of the molecule is CCNc1nc(SC2CCOCC2)cc(C(F)(F)F)n1. The summed E-state index contributed by atoms with van der Waals surface area (Å²) in [5, 5.41) is 3.34. The van der Waals surface area contributed by atoms with Crippen LogP contribution in [-0.4, -0.2) is 35.0 Å². The van der Waals surface area contributed by atoms with Crippen LogP contribution in [0.15, 0.2) is 11.1 Å². The molecule has 0 aromatic carbocycles. The van der Waals surface area contributed by atoms with Crippen molar-refractivity contribution in [2.24, 2.45) is 0 Å². The van der Waals surface area contributed by atoms with E-state index in [2.05, 4.69) is 15.3 Å². The number of nitrogens with one attached hydrogen (secondary N) is 1. The minimum absolute atomic E-state index is 0.0249. The lowest BCUT2D eigenvalue weighted by Crippen LogP contribution is -2.18. The predicted octanol–water partition coefficient (Wildman–Crippen LogP) is 3.20. The highest BCUT2D eigenvalue weighted by molar-refractivity contribution is 7.99. The van der Waals surface area contributed by atoms with E-state index in [-0.39, 0.29) is 11.2 Å². The van der Waals surface area contributed by atoms with Gasteiger partial charge in [0.25, 0.3) is 0 Å². The van der Waals surface area contributed by atoms with E-state index < -0.39 is 11.9 Å². The molecular formula is C12H16F3N3OS. The molecule has 0 saturated carbocycles. The first-order valence-corrected chi connectivity index (χ1v) is 7.31. The van der Waals surface area contributed by atoms with Gasteiger partial charge in [-0.3, -0.25) is 0 Å². The number of rotatable bonds is 4. The summed E-state index contributed by atoms with van der Waals surface area (Å²) in [7, 11) is 0. The van der Waals surface area contributed by atoms with Gasteiger partial charge < -0.3 is 10.1 Å². The molecular weight excluding hydrogens is 291 g/mol. The molecule has 1 N–H and O–H groups in total. The Kier molecular flexibility index (Phi) is 5.09. The van der Waals surface area contributed by atoms with Gasteiger partial charge in [0.15, 0.2) is 5.69 Å². The molecule has 2 heterocycles. The smallest absolute Gasteiger partial charge is 0.381 e. The van der Waals surface area contributed by atoms with Gasteiger partial charge in [-0.05, 0) is 19.8 Å². The maximum atomic E-state index is 12.8. The highest BCUT2D eigenvalue weighted by Gasteiger charge is 2.34. The highest BCUT2D eigenvalue weighted by atomic mass is 32.2. The van der Waals surface area contributed by atoms with Crippen LogP contribution in [0.4, 0.5) is 19.1 Å². The Balaban J connectivity index is 2.19. The summed E-state index contributed by atoms with van der Waals surface area (Å²) in [6.45, 7) is 3.56. The van der Waals surface area contributed by atoms with Gasteiger partial charge in [0.1, 0.15) is 5.03 Å². The second kappa shape index (κ2) is 6.62. The van der Waals surface area contributed by atoms with Gasteiger partial charge in [0.2, 0.25) is 5.95 Å². The van der Waals surface area contributed by atoms with E-state index >= 15 is 0 Å². The molecule has 8 heteroatoms. The molecule has 1 aliphatic heterocycles. The van der Waals surface area contributed by atoms with Crippen molar-refractivity contribution in [2.75, 3.05) is 25.1 Å². The normalized spacial score (nSPS) is 17.2. The summed E-state index contributed by atoms with van der Waals surface area (Å²) in [5.74, 6) is 0.0249. The van der Waals surface area contributed by atoms with Gasteiger partial charge in [-0.25, -0.2) is 9.97 Å². The van der Waals surface area contributed by atoms with E-state index in [1.54, 1.807) is 6.92 Å². The van der Waals surface area contributed by atoms with Crippen LogP contribution in [-0.2, 0) is 10.9 Å². The summed E-state index contributed by atoms with van der Waals surface area (Å²) in [5.41, 5.74) is -0.905. The third-order valence-corrected chi connectivity index (χ3v) is 4.04. The summed E-state index contributed by atoms with van der Waals surface area (Å²) in [4.78, 5) is 7.63. The second-order valence-corrected chi connectivity index (χ2v) is 5.69. The molecule has 1 aromatic heterocycles. The summed E-state index contributed by atoms with van der Waals surface area (Å²) in [6, 6.07) is 1.01. The minimum atomic E-state index is -4.46. The number of halogens is 3. The number of alkyl halides is 3. The summed E-state index contributed by atoms with van der Waals surface area (Å²) >= 11 is 1.36. The maximum absolute atomic E-state index is 12.8. The molecule has 0 radical (unpaired) electrons. The van der Waals surface area contributed by atoms with Gasteiger partial charge in [-0.2, -0.15) is 13.2 Å². The van der Waals surface area contributed by atoms with Crippen LogP contribution in [0.2, 0.25) is 0 Å². The molecule has 0 bridgehead atoms. The average Bonchev–Trinajstić information content (AvgIpc) is 2.39. The molecule has 112 valence electrons. The van der Waals surface area contributed by atoms with Gasteiger partial charge in [0.05, 0.1) is 0 Å². The molecule has 0 spiro atoms. The number of ether oxygens (including phenoxy) is 1. The van der Waals surface area contributed by atoms with Crippen LogP contribution in [0, 0.1) is 0 Å². The molecule has 2 rings (SSSR count). The Morgan fingerprint density at radius 1 is 1.35 bits per heavy atom. The first kappa shape index (κ1) is 15.4. The standard InChI is InChI=1S/C12H16F3N3OS/c1-2-16-11-17-9(12(13,14)15)7-10(18-11)20-8-3-5-19-6-4-8/h7-8H,2-6H2,1H3,(H,16,17,18). The third-order valence-electron chi connectivity index (χ3n) is 2.78. The zero-order valence-electron chi connectivity index (χ0n) is 11.0. The quantitative estimate of drug-likeness (QED) is 0.866. The van der Waals surface area contributed by atoms with Crippen molar-refractivity contribution in [3.8, 4) is 0 Å². The van der Waals surface area contributed by atoms with E-state index in [0.29, 0.717) is 24.8 Å². The number of hydrogen-bond acceptors (Lipinski definition) is 5. The molecule has 0 aliphatic carbocycles. The van der Waals surface area contributed by atoms with E-state index in [4.69, 9.17) is 4.74 Å². The van der Waals surface area contributed by atoms with Crippen LogP contribution < -0.4 is 5.32 Å². The first-order chi connectivity index (χ1) is 9.49. The van der Waals surface area contributed by atoms with Crippen LogP contribution >= 0.6 is 11.8 Å². The topological polar surface area (TPSA) is 47.0 Å². The Bertz CT molecular complexity index is 450. The fourth-order valence-corrected chi connectivity index (χ4v) is 2.92. The van der Waals surface area contributed by atoms with Gasteiger partial charge in [-0.1, -0.05) is 0 Å². The van der Waals surface area contributed by atoms with Gasteiger partial charge in [0, 0.05) is 31.1 Å². The average molecular weight is 307 g/mol. The van der Waals surface area contributed by atoms with Gasteiger partial charge >= 0.3 is 6.18 Å². The number of thioether (sulfide) groups is 1. The maximum Gasteiger partial charge on any atom is 0.433 e. The van der Waals surface area contributed by atoms with Crippen LogP contribution in [0.5, 0.6) is 0 Å². The van der Waals surface area contributed by atoms with Crippen molar-refractivity contribution >= 4 is 17.7 Å². The van der Waals surface area contributed by atoms with Crippen molar-refractivity contribution in [3.63, 3.8) is 0 Å². The first-order valence-electron chi connectivity index (χ1n) is 6.43. The van der Waals surface area contributed by atoms with E-state index in [1.807, 2.05) is 0 Å². The molecule has 20 heavy (non-hydrogen) atoms. The molecule has 0 atom stereocenters. The molecule has 4 nitrogen and oxygen atoms in total. The molecule has 1 aromatic rings. The Morgan fingerprint density at radius 2 is 2.05 bits per heavy atom. The third kappa shape index (κ3) is 4.24. The van der Waals surface area contributed by atoms with E-state index in [0.717, 1.165) is 18.9 Å². The number of hydrogen-bond donors (Lipinski definition) is 1. The zero-order valence-corrected chi connectivity index (χ0v) is 11.9. The van der Waals surface area contributed by atoms with Crippen molar-refractivity contribution in [1.29, 1.82) is 0 Å². The molecule has 0 unspecified atom stereocenters. The predicted molar refractivity (Wildman–Crippen MR) is 70.9 cm³/mol. The Hall–Kier alpha value is -1.02. The van der Waals surface area contributed by atoms with Crippen LogP contribution in [0.3, 0.4) is 0 Å². The number of anilines is 1. The fraction of sp³-hybridized carbons (Fsp3) is 0.667. The Morgan fingerprint density at radius 3 is 2.65 bits per heavy atom. The van der Waals surface area contributed by atoms with Crippen LogP contribution in [0.25, 0.3) is 0 Å². The highest BCUT2D eigenvalue weighted by Crippen LogP contribution is 2.34. The van der Waals surface area contributed by atoms with E-state index in [1.165, 1.54) is 11.8 Å². The minimum Gasteiger partial charge on any atom is -0.381 e. The molecule has 0 amide bonds. The Labute approximate surface area is 119 Å². The lowest BCUT2D eigenvalue weighted by atomic mass is 10.2. The van der Waals surface area contributed by atoms with Gasteiger partial charge in [-0.15, -0.1) is 11.8 Å².